The number of amides is 1. The minimum Gasteiger partial charge on any atom is -0.465 e. The average molecular weight is 605 g/mol. The Labute approximate surface area is 237 Å². The molecule has 6 rings (SSSR count). The number of carboxylic acid groups (broad SMARTS) is 1. The first-order valence-electron chi connectivity index (χ1n) is 12.5. The Bertz CT molecular complexity index is 1730. The number of fused-ring (bicyclic) bond motifs is 2. The summed E-state index contributed by atoms with van der Waals surface area (Å²) in [7, 11) is 0. The van der Waals surface area contributed by atoms with Crippen molar-refractivity contribution in [1.82, 2.24) is 29.2 Å². The monoisotopic (exact) mass is 604 g/mol. The summed E-state index contributed by atoms with van der Waals surface area (Å²) in [5.41, 5.74) is 3.73. The quantitative estimate of drug-likeness (QED) is 0.254. The molecule has 1 aliphatic rings. The van der Waals surface area contributed by atoms with Crippen LogP contribution >= 0.6 is 15.9 Å². The SMILES string of the molecule is Cc1cc(Nc2ncnc3cc(Br)c(N4CCN(C(=O)O)[C@H](CO)C4)nc23)ccc1Oc1ccn2ccnc2c1. The van der Waals surface area contributed by atoms with E-state index in [-0.39, 0.29) is 13.2 Å². The highest BCUT2D eigenvalue weighted by Crippen LogP contribution is 2.33. The number of carbonyl (C=O) groups is 1. The minimum atomic E-state index is -1.05. The predicted molar refractivity (Wildman–Crippen MR) is 153 cm³/mol. The first-order valence-corrected chi connectivity index (χ1v) is 13.3. The second kappa shape index (κ2) is 10.6. The van der Waals surface area contributed by atoms with Gasteiger partial charge in [-0.05, 0) is 58.7 Å². The van der Waals surface area contributed by atoms with Gasteiger partial charge < -0.3 is 29.6 Å². The van der Waals surface area contributed by atoms with Gasteiger partial charge in [-0.2, -0.15) is 0 Å². The van der Waals surface area contributed by atoms with Gasteiger partial charge in [-0.1, -0.05) is 0 Å². The van der Waals surface area contributed by atoms with Gasteiger partial charge in [-0.3, -0.25) is 4.90 Å². The molecule has 0 unspecified atom stereocenters. The number of aliphatic hydroxyl groups excluding tert-OH is 1. The number of pyridine rings is 2. The molecule has 4 aromatic heterocycles. The van der Waals surface area contributed by atoms with E-state index in [1.54, 1.807) is 6.20 Å². The maximum absolute atomic E-state index is 11.5. The molecule has 0 aliphatic carbocycles. The number of rotatable bonds is 6. The fourth-order valence-corrected chi connectivity index (χ4v) is 5.34. The fourth-order valence-electron chi connectivity index (χ4n) is 4.78. The Kier molecular flexibility index (Phi) is 6.82. The van der Waals surface area contributed by atoms with Crippen molar-refractivity contribution in [2.75, 3.05) is 36.5 Å². The summed E-state index contributed by atoms with van der Waals surface area (Å²) in [6, 6.07) is 10.8. The summed E-state index contributed by atoms with van der Waals surface area (Å²) in [6.45, 7) is 2.69. The molecule has 1 amide bonds. The number of aliphatic hydroxyl groups is 1. The molecule has 0 saturated carbocycles. The Morgan fingerprint density at radius 3 is 2.83 bits per heavy atom. The van der Waals surface area contributed by atoms with Crippen LogP contribution in [0.5, 0.6) is 11.5 Å². The lowest BCUT2D eigenvalue weighted by Gasteiger charge is -2.40. The van der Waals surface area contributed by atoms with Crippen molar-refractivity contribution < 1.29 is 19.7 Å². The van der Waals surface area contributed by atoms with E-state index in [1.807, 2.05) is 65.0 Å². The van der Waals surface area contributed by atoms with Gasteiger partial charge in [0.1, 0.15) is 34.8 Å². The Morgan fingerprint density at radius 1 is 1.15 bits per heavy atom. The molecule has 0 spiro atoms. The van der Waals surface area contributed by atoms with Crippen molar-refractivity contribution in [3.05, 3.63) is 71.4 Å². The number of aromatic nitrogens is 5. The summed E-state index contributed by atoms with van der Waals surface area (Å²) in [6.07, 6.45) is 5.95. The van der Waals surface area contributed by atoms with Crippen molar-refractivity contribution in [3.8, 4) is 11.5 Å². The van der Waals surface area contributed by atoms with Gasteiger partial charge >= 0.3 is 6.09 Å². The molecule has 13 heteroatoms. The lowest BCUT2D eigenvalue weighted by molar-refractivity contribution is 0.0909. The van der Waals surface area contributed by atoms with E-state index in [0.29, 0.717) is 41.5 Å². The maximum Gasteiger partial charge on any atom is 0.407 e. The van der Waals surface area contributed by atoms with E-state index < -0.39 is 12.1 Å². The van der Waals surface area contributed by atoms with Gasteiger partial charge in [0.05, 0.1) is 22.6 Å². The number of nitrogens with one attached hydrogen (secondary N) is 1. The van der Waals surface area contributed by atoms with Gasteiger partial charge in [0.2, 0.25) is 0 Å². The largest absolute Gasteiger partial charge is 0.465 e. The normalized spacial score (nSPS) is 15.5. The van der Waals surface area contributed by atoms with Crippen LogP contribution in [0, 0.1) is 6.92 Å². The Balaban J connectivity index is 1.25. The molecule has 1 atom stereocenters. The lowest BCUT2D eigenvalue weighted by Crippen LogP contribution is -2.56. The standard InChI is InChI=1S/C27H25BrN8O4/c1-16-10-17(2-3-22(16)40-19-4-6-34-7-5-29-23(34)11-19)32-25-24-21(30-15-31-25)12-20(28)26(33-24)35-8-9-36(27(38)39)18(13-35)14-37/h2-7,10-12,15,18,37H,8-9,13-14H2,1H3,(H,38,39)(H,30,31,32)/t18-/m0/s1. The first kappa shape index (κ1) is 25.8. The molecular formula is C27H25BrN8O4. The minimum absolute atomic E-state index is 0.257. The molecule has 0 bridgehead atoms. The van der Waals surface area contributed by atoms with Crippen molar-refractivity contribution >= 4 is 56.0 Å². The first-order chi connectivity index (χ1) is 19.4. The average Bonchev–Trinajstić information content (AvgIpc) is 3.42. The van der Waals surface area contributed by atoms with Crippen LogP contribution in [0.1, 0.15) is 5.56 Å². The van der Waals surface area contributed by atoms with E-state index >= 15 is 0 Å². The van der Waals surface area contributed by atoms with Gasteiger partial charge in [-0.15, -0.1) is 0 Å². The molecule has 1 fully saturated rings. The highest BCUT2D eigenvalue weighted by atomic mass is 79.9. The molecule has 5 aromatic rings. The number of anilines is 3. The van der Waals surface area contributed by atoms with Crippen molar-refractivity contribution in [2.45, 2.75) is 13.0 Å². The van der Waals surface area contributed by atoms with Crippen LogP contribution in [0.2, 0.25) is 0 Å². The van der Waals surface area contributed by atoms with Gasteiger partial charge in [-0.25, -0.2) is 24.7 Å². The number of ether oxygens (including phenoxy) is 1. The fraction of sp³-hybridized carbons (Fsp3) is 0.222. The van der Waals surface area contributed by atoms with Crippen LogP contribution in [0.15, 0.2) is 65.8 Å². The zero-order chi connectivity index (χ0) is 27.8. The summed E-state index contributed by atoms with van der Waals surface area (Å²) < 4.78 is 8.74. The van der Waals surface area contributed by atoms with Crippen molar-refractivity contribution in [2.24, 2.45) is 0 Å². The molecular weight excluding hydrogens is 580 g/mol. The smallest absolute Gasteiger partial charge is 0.407 e. The molecule has 1 aliphatic heterocycles. The molecule has 40 heavy (non-hydrogen) atoms. The Hall–Kier alpha value is -4.49. The van der Waals surface area contributed by atoms with Crippen LogP contribution in [0.4, 0.5) is 22.1 Å². The third-order valence-electron chi connectivity index (χ3n) is 6.82. The van der Waals surface area contributed by atoms with E-state index in [9.17, 15) is 15.0 Å². The molecule has 0 radical (unpaired) electrons. The maximum atomic E-state index is 11.5. The molecule has 3 N–H and O–H groups in total. The number of piperazine rings is 1. The topological polar surface area (TPSA) is 141 Å². The van der Waals surface area contributed by atoms with Crippen LogP contribution in [0.25, 0.3) is 16.7 Å². The summed E-state index contributed by atoms with van der Waals surface area (Å²) >= 11 is 3.59. The summed E-state index contributed by atoms with van der Waals surface area (Å²) in [5, 5.41) is 22.6. The Morgan fingerprint density at radius 2 is 2.02 bits per heavy atom. The lowest BCUT2D eigenvalue weighted by atomic mass is 10.2. The van der Waals surface area contributed by atoms with Crippen LogP contribution in [-0.4, -0.2) is 77.8 Å². The number of aryl methyl sites for hydroxylation is 1. The van der Waals surface area contributed by atoms with E-state index in [4.69, 9.17) is 9.72 Å². The van der Waals surface area contributed by atoms with Crippen molar-refractivity contribution in [3.63, 3.8) is 0 Å². The zero-order valence-corrected chi connectivity index (χ0v) is 23.0. The molecule has 1 aromatic carbocycles. The van der Waals surface area contributed by atoms with Gasteiger partial charge in [0.25, 0.3) is 0 Å². The van der Waals surface area contributed by atoms with E-state index in [2.05, 4.69) is 36.2 Å². The number of halogens is 1. The molecule has 5 heterocycles. The highest BCUT2D eigenvalue weighted by Gasteiger charge is 2.31. The number of hydrogen-bond acceptors (Lipinski definition) is 9. The van der Waals surface area contributed by atoms with Gasteiger partial charge in [0.15, 0.2) is 5.82 Å². The summed E-state index contributed by atoms with van der Waals surface area (Å²) in [5.74, 6) is 2.57. The predicted octanol–water partition coefficient (Wildman–Crippen LogP) is 4.44. The van der Waals surface area contributed by atoms with E-state index in [0.717, 1.165) is 27.1 Å². The number of imidazole rings is 1. The number of nitrogens with zero attached hydrogens (tertiary/aromatic N) is 7. The molecule has 1 saturated heterocycles. The molecule has 204 valence electrons. The molecule has 12 nitrogen and oxygen atoms in total. The zero-order valence-electron chi connectivity index (χ0n) is 21.4. The summed E-state index contributed by atoms with van der Waals surface area (Å²) in [4.78, 5) is 32.7. The second-order valence-corrected chi connectivity index (χ2v) is 10.3. The van der Waals surface area contributed by atoms with Crippen molar-refractivity contribution in [1.29, 1.82) is 0 Å². The van der Waals surface area contributed by atoms with Crippen LogP contribution in [-0.2, 0) is 0 Å². The van der Waals surface area contributed by atoms with E-state index in [1.165, 1.54) is 11.2 Å². The highest BCUT2D eigenvalue weighted by molar-refractivity contribution is 9.10. The third-order valence-corrected chi connectivity index (χ3v) is 7.40. The number of hydrogen-bond donors (Lipinski definition) is 3. The number of benzene rings is 1. The van der Waals surface area contributed by atoms with Crippen LogP contribution in [0.3, 0.4) is 0 Å². The third kappa shape index (κ3) is 4.96. The van der Waals surface area contributed by atoms with Crippen LogP contribution < -0.4 is 15.0 Å². The second-order valence-electron chi connectivity index (χ2n) is 9.40. The van der Waals surface area contributed by atoms with Gasteiger partial charge in [0, 0.05) is 50.0 Å².